The minimum absolute atomic E-state index is 0.0140. The Morgan fingerprint density at radius 1 is 1.17 bits per heavy atom. The van der Waals surface area contributed by atoms with Crippen LogP contribution in [0.3, 0.4) is 0 Å². The van der Waals surface area contributed by atoms with Gasteiger partial charge in [0.25, 0.3) is 0 Å². The van der Waals surface area contributed by atoms with Crippen LogP contribution in [0.2, 0.25) is 0 Å². The van der Waals surface area contributed by atoms with Gasteiger partial charge in [-0.3, -0.25) is 9.59 Å². The van der Waals surface area contributed by atoms with Crippen LogP contribution in [0.4, 0.5) is 0 Å². The second-order valence-electron chi connectivity index (χ2n) is 6.38. The number of carbonyl (C=O) groups is 2. The van der Waals surface area contributed by atoms with E-state index >= 15 is 0 Å². The summed E-state index contributed by atoms with van der Waals surface area (Å²) in [6, 6.07) is 9.67. The van der Waals surface area contributed by atoms with Crippen LogP contribution in [-0.2, 0) is 16.1 Å². The van der Waals surface area contributed by atoms with Gasteiger partial charge in [-0.05, 0) is 25.3 Å². The molecule has 4 heteroatoms. The zero-order valence-electron chi connectivity index (χ0n) is 14.3. The zero-order chi connectivity index (χ0) is 16.7. The number of carbonyl (C=O) groups excluding carboxylic acids is 2. The molecule has 0 spiro atoms. The lowest BCUT2D eigenvalue weighted by Gasteiger charge is -2.31. The third-order valence-corrected chi connectivity index (χ3v) is 4.62. The number of hydrogen-bond donors (Lipinski definition) is 1. The Morgan fingerprint density at radius 2 is 1.83 bits per heavy atom. The van der Waals surface area contributed by atoms with Gasteiger partial charge in [-0.2, -0.15) is 0 Å². The van der Waals surface area contributed by atoms with Crippen LogP contribution < -0.4 is 5.32 Å². The van der Waals surface area contributed by atoms with Crippen molar-refractivity contribution in [3.8, 4) is 0 Å². The fourth-order valence-electron chi connectivity index (χ4n) is 3.13. The number of rotatable bonds is 6. The molecule has 0 aromatic heterocycles. The molecule has 126 valence electrons. The molecule has 1 atom stereocenters. The summed E-state index contributed by atoms with van der Waals surface area (Å²) in [5, 5.41) is 3.13. The van der Waals surface area contributed by atoms with Crippen LogP contribution >= 0.6 is 0 Å². The maximum absolute atomic E-state index is 12.6. The lowest BCUT2D eigenvalue weighted by atomic mass is 9.95. The Bertz CT molecular complexity index is 509. The van der Waals surface area contributed by atoms with Crippen LogP contribution in [0.1, 0.15) is 57.9 Å². The standard InChI is InChI=1S/C19H28N2O2/c1-3-18(22)21(14-16-10-6-4-7-11-16)15(2)19(23)20-17-12-8-5-9-13-17/h4,6-7,10-11,15,17H,3,5,8-9,12-14H2,1-2H3,(H,20,23)/t15-/m1/s1. The number of benzene rings is 1. The molecule has 1 aliphatic rings. The SMILES string of the molecule is CCC(=O)N(Cc1ccccc1)[C@H](C)C(=O)NC1CCCCC1. The number of amides is 2. The molecule has 0 aliphatic heterocycles. The molecule has 0 radical (unpaired) electrons. The Kier molecular flexibility index (Phi) is 6.63. The monoisotopic (exact) mass is 316 g/mol. The maximum atomic E-state index is 12.6. The van der Waals surface area contributed by atoms with E-state index in [4.69, 9.17) is 0 Å². The van der Waals surface area contributed by atoms with Gasteiger partial charge < -0.3 is 10.2 Å². The van der Waals surface area contributed by atoms with Gasteiger partial charge in [-0.1, -0.05) is 56.5 Å². The summed E-state index contributed by atoms with van der Waals surface area (Å²) in [5.41, 5.74) is 1.05. The molecule has 23 heavy (non-hydrogen) atoms. The average Bonchev–Trinajstić information content (AvgIpc) is 2.60. The van der Waals surface area contributed by atoms with Gasteiger partial charge in [0.1, 0.15) is 6.04 Å². The first-order valence-electron chi connectivity index (χ1n) is 8.75. The third-order valence-electron chi connectivity index (χ3n) is 4.62. The molecule has 1 aliphatic carbocycles. The van der Waals surface area contributed by atoms with Crippen molar-refractivity contribution < 1.29 is 9.59 Å². The van der Waals surface area contributed by atoms with Crippen molar-refractivity contribution in [1.29, 1.82) is 0 Å². The van der Waals surface area contributed by atoms with Gasteiger partial charge in [0.2, 0.25) is 11.8 Å². The van der Waals surface area contributed by atoms with E-state index < -0.39 is 6.04 Å². The summed E-state index contributed by atoms with van der Waals surface area (Å²) in [5.74, 6) is -0.0187. The second kappa shape index (κ2) is 8.70. The first kappa shape index (κ1) is 17.5. The third kappa shape index (κ3) is 5.08. The van der Waals surface area contributed by atoms with Crippen LogP contribution in [0, 0.1) is 0 Å². The fourth-order valence-corrected chi connectivity index (χ4v) is 3.13. The number of nitrogens with zero attached hydrogens (tertiary/aromatic N) is 1. The van der Waals surface area contributed by atoms with Crippen LogP contribution in [0.5, 0.6) is 0 Å². The first-order chi connectivity index (χ1) is 11.1. The van der Waals surface area contributed by atoms with E-state index in [2.05, 4.69) is 5.32 Å². The van der Waals surface area contributed by atoms with Gasteiger partial charge in [0, 0.05) is 19.0 Å². The highest BCUT2D eigenvalue weighted by Gasteiger charge is 2.27. The topological polar surface area (TPSA) is 49.4 Å². The molecule has 1 N–H and O–H groups in total. The molecular formula is C19H28N2O2. The van der Waals surface area contributed by atoms with Gasteiger partial charge >= 0.3 is 0 Å². The molecule has 2 amide bonds. The molecule has 0 bridgehead atoms. The summed E-state index contributed by atoms with van der Waals surface area (Å²) in [6.07, 6.45) is 6.14. The Morgan fingerprint density at radius 3 is 2.43 bits per heavy atom. The summed E-state index contributed by atoms with van der Waals surface area (Å²) < 4.78 is 0. The highest BCUT2D eigenvalue weighted by molar-refractivity contribution is 5.87. The molecule has 1 aromatic rings. The van der Waals surface area contributed by atoms with Crippen molar-refractivity contribution in [3.63, 3.8) is 0 Å². The van der Waals surface area contributed by atoms with Crippen molar-refractivity contribution in [2.24, 2.45) is 0 Å². The molecule has 1 saturated carbocycles. The summed E-state index contributed by atoms with van der Waals surface area (Å²) in [7, 11) is 0. The van der Waals surface area contributed by atoms with Crippen LogP contribution in [0.15, 0.2) is 30.3 Å². The minimum Gasteiger partial charge on any atom is -0.352 e. The molecule has 0 unspecified atom stereocenters. The quantitative estimate of drug-likeness (QED) is 0.875. The largest absolute Gasteiger partial charge is 0.352 e. The molecule has 4 nitrogen and oxygen atoms in total. The predicted octanol–water partition coefficient (Wildman–Crippen LogP) is 3.26. The Balaban J connectivity index is 2.01. The molecule has 1 aromatic carbocycles. The first-order valence-corrected chi connectivity index (χ1v) is 8.75. The molecule has 1 fully saturated rings. The van der Waals surface area contributed by atoms with Gasteiger partial charge in [-0.25, -0.2) is 0 Å². The highest BCUT2D eigenvalue weighted by atomic mass is 16.2. The molecule has 2 rings (SSSR count). The molecule has 0 heterocycles. The zero-order valence-corrected chi connectivity index (χ0v) is 14.3. The second-order valence-corrected chi connectivity index (χ2v) is 6.38. The van der Waals surface area contributed by atoms with Crippen molar-refractivity contribution in [2.45, 2.75) is 71.0 Å². The van der Waals surface area contributed by atoms with Crippen molar-refractivity contribution >= 4 is 11.8 Å². The van der Waals surface area contributed by atoms with Crippen LogP contribution in [0.25, 0.3) is 0 Å². The van der Waals surface area contributed by atoms with E-state index in [1.54, 1.807) is 4.90 Å². The fraction of sp³-hybridized carbons (Fsp3) is 0.579. The van der Waals surface area contributed by atoms with E-state index in [9.17, 15) is 9.59 Å². The van der Waals surface area contributed by atoms with Gasteiger partial charge in [0.15, 0.2) is 0 Å². The van der Waals surface area contributed by atoms with Gasteiger partial charge in [-0.15, -0.1) is 0 Å². The Labute approximate surface area is 139 Å². The Hall–Kier alpha value is -1.84. The number of hydrogen-bond acceptors (Lipinski definition) is 2. The molecular weight excluding hydrogens is 288 g/mol. The predicted molar refractivity (Wildman–Crippen MR) is 91.8 cm³/mol. The van der Waals surface area contributed by atoms with E-state index in [1.807, 2.05) is 44.2 Å². The summed E-state index contributed by atoms with van der Waals surface area (Å²) in [6.45, 7) is 4.15. The summed E-state index contributed by atoms with van der Waals surface area (Å²) in [4.78, 5) is 26.5. The smallest absolute Gasteiger partial charge is 0.242 e. The lowest BCUT2D eigenvalue weighted by Crippen LogP contribution is -2.50. The van der Waals surface area contributed by atoms with E-state index in [-0.39, 0.29) is 17.9 Å². The molecule has 0 saturated heterocycles. The van der Waals surface area contributed by atoms with Crippen molar-refractivity contribution in [3.05, 3.63) is 35.9 Å². The van der Waals surface area contributed by atoms with E-state index in [0.717, 1.165) is 18.4 Å². The normalized spacial score (nSPS) is 16.6. The highest BCUT2D eigenvalue weighted by Crippen LogP contribution is 2.18. The van der Waals surface area contributed by atoms with Gasteiger partial charge in [0.05, 0.1) is 0 Å². The van der Waals surface area contributed by atoms with Crippen LogP contribution in [-0.4, -0.2) is 28.8 Å². The average molecular weight is 316 g/mol. The summed E-state index contributed by atoms with van der Waals surface area (Å²) >= 11 is 0. The maximum Gasteiger partial charge on any atom is 0.242 e. The minimum atomic E-state index is -0.440. The van der Waals surface area contributed by atoms with E-state index in [1.165, 1.54) is 19.3 Å². The lowest BCUT2D eigenvalue weighted by molar-refractivity contribution is -0.140. The number of nitrogens with one attached hydrogen (secondary N) is 1. The van der Waals surface area contributed by atoms with Crippen molar-refractivity contribution in [2.75, 3.05) is 0 Å². The van der Waals surface area contributed by atoms with E-state index in [0.29, 0.717) is 13.0 Å². The van der Waals surface area contributed by atoms with Crippen molar-refractivity contribution in [1.82, 2.24) is 10.2 Å².